The highest BCUT2D eigenvalue weighted by molar-refractivity contribution is 6.34. The zero-order valence-electron chi connectivity index (χ0n) is 11.2. The lowest BCUT2D eigenvalue weighted by atomic mass is 9.86. The summed E-state index contributed by atoms with van der Waals surface area (Å²) in [6.45, 7) is 3.35. The van der Waals surface area contributed by atoms with E-state index in [-0.39, 0.29) is 29.3 Å². The SMILES string of the molecule is COC1=C(OC)C(=O)C2=C(OC(C)(C)CC2=O)C1=O. The van der Waals surface area contributed by atoms with Crippen LogP contribution in [0.3, 0.4) is 0 Å². The standard InChI is InChI=1S/C13H14O6/c1-13(2)5-6(14)7-8(15)11(17-3)12(18-4)9(16)10(7)19-13/h5H2,1-4H3. The summed E-state index contributed by atoms with van der Waals surface area (Å²) >= 11 is 0. The molecule has 102 valence electrons. The predicted molar refractivity (Wildman–Crippen MR) is 62.9 cm³/mol. The first-order chi connectivity index (χ1) is 8.82. The van der Waals surface area contributed by atoms with Gasteiger partial charge in [0.2, 0.25) is 17.3 Å². The van der Waals surface area contributed by atoms with E-state index in [4.69, 9.17) is 14.2 Å². The van der Waals surface area contributed by atoms with Crippen LogP contribution in [0.25, 0.3) is 0 Å². The van der Waals surface area contributed by atoms with Crippen molar-refractivity contribution in [1.82, 2.24) is 0 Å². The Labute approximate surface area is 110 Å². The summed E-state index contributed by atoms with van der Waals surface area (Å²) in [5.74, 6) is -2.48. The van der Waals surface area contributed by atoms with Crippen LogP contribution < -0.4 is 0 Å². The van der Waals surface area contributed by atoms with Crippen LogP contribution in [-0.2, 0) is 28.6 Å². The van der Waals surface area contributed by atoms with Gasteiger partial charge in [-0.2, -0.15) is 0 Å². The number of allylic oxidation sites excluding steroid dienone is 1. The van der Waals surface area contributed by atoms with E-state index < -0.39 is 23.0 Å². The summed E-state index contributed by atoms with van der Waals surface area (Å²) in [5.41, 5.74) is -1.07. The summed E-state index contributed by atoms with van der Waals surface area (Å²) in [6.07, 6.45) is 0.0319. The fourth-order valence-corrected chi connectivity index (χ4v) is 2.15. The number of ketones is 3. The molecule has 0 unspecified atom stereocenters. The maximum absolute atomic E-state index is 12.2. The molecule has 19 heavy (non-hydrogen) atoms. The number of methoxy groups -OCH3 is 2. The van der Waals surface area contributed by atoms with E-state index in [2.05, 4.69) is 0 Å². The molecule has 0 fully saturated rings. The fraction of sp³-hybridized carbons (Fsp3) is 0.462. The molecule has 0 spiro atoms. The van der Waals surface area contributed by atoms with Gasteiger partial charge in [0.25, 0.3) is 5.78 Å². The second-order valence-electron chi connectivity index (χ2n) is 4.89. The van der Waals surface area contributed by atoms with Crippen molar-refractivity contribution >= 4 is 17.3 Å². The first-order valence-electron chi connectivity index (χ1n) is 5.70. The van der Waals surface area contributed by atoms with Crippen LogP contribution in [0.4, 0.5) is 0 Å². The van der Waals surface area contributed by atoms with E-state index in [0.29, 0.717) is 0 Å². The Balaban J connectivity index is 2.59. The van der Waals surface area contributed by atoms with Gasteiger partial charge in [0.1, 0.15) is 11.2 Å². The van der Waals surface area contributed by atoms with Crippen LogP contribution in [0.1, 0.15) is 20.3 Å². The molecule has 0 amide bonds. The highest BCUT2D eigenvalue weighted by atomic mass is 16.5. The van der Waals surface area contributed by atoms with Crippen molar-refractivity contribution < 1.29 is 28.6 Å². The lowest BCUT2D eigenvalue weighted by molar-refractivity contribution is -0.135. The van der Waals surface area contributed by atoms with E-state index in [1.165, 1.54) is 14.2 Å². The zero-order chi connectivity index (χ0) is 14.4. The van der Waals surface area contributed by atoms with Gasteiger partial charge in [0.15, 0.2) is 11.5 Å². The minimum Gasteiger partial charge on any atom is -0.489 e. The molecule has 0 radical (unpaired) electrons. The minimum atomic E-state index is -0.824. The molecule has 0 bridgehead atoms. The quantitative estimate of drug-likeness (QED) is 0.540. The molecule has 0 atom stereocenters. The highest BCUT2D eigenvalue weighted by Gasteiger charge is 2.47. The molecule has 0 saturated heterocycles. The fourth-order valence-electron chi connectivity index (χ4n) is 2.15. The number of hydrogen-bond donors (Lipinski definition) is 0. The molecule has 0 aromatic carbocycles. The first kappa shape index (κ1) is 13.3. The Bertz CT molecular complexity index is 549. The number of rotatable bonds is 2. The maximum atomic E-state index is 12.2. The molecule has 1 aliphatic heterocycles. The Hall–Kier alpha value is -2.11. The third-order valence-electron chi connectivity index (χ3n) is 2.93. The molecule has 6 nitrogen and oxygen atoms in total. The maximum Gasteiger partial charge on any atom is 0.266 e. The number of hydrogen-bond acceptors (Lipinski definition) is 6. The van der Waals surface area contributed by atoms with Crippen LogP contribution in [0.2, 0.25) is 0 Å². The van der Waals surface area contributed by atoms with Gasteiger partial charge in [0, 0.05) is 0 Å². The smallest absolute Gasteiger partial charge is 0.266 e. The molecule has 1 heterocycles. The first-order valence-corrected chi connectivity index (χ1v) is 5.70. The van der Waals surface area contributed by atoms with E-state index in [9.17, 15) is 14.4 Å². The van der Waals surface area contributed by atoms with Gasteiger partial charge in [-0.25, -0.2) is 0 Å². The average molecular weight is 266 g/mol. The Morgan fingerprint density at radius 1 is 1.00 bits per heavy atom. The third-order valence-corrected chi connectivity index (χ3v) is 2.93. The molecular formula is C13H14O6. The monoisotopic (exact) mass is 266 g/mol. The van der Waals surface area contributed by atoms with Crippen LogP contribution in [-0.4, -0.2) is 37.2 Å². The van der Waals surface area contributed by atoms with Gasteiger partial charge in [-0.05, 0) is 13.8 Å². The molecular weight excluding hydrogens is 252 g/mol. The molecule has 2 aliphatic rings. The lowest BCUT2D eigenvalue weighted by Crippen LogP contribution is -2.41. The van der Waals surface area contributed by atoms with E-state index >= 15 is 0 Å². The molecule has 0 aromatic rings. The van der Waals surface area contributed by atoms with E-state index in [1.54, 1.807) is 13.8 Å². The van der Waals surface area contributed by atoms with Crippen LogP contribution in [0, 0.1) is 0 Å². The molecule has 6 heteroatoms. The summed E-state index contributed by atoms with van der Waals surface area (Å²) < 4.78 is 15.2. The van der Waals surface area contributed by atoms with Gasteiger partial charge >= 0.3 is 0 Å². The van der Waals surface area contributed by atoms with Crippen molar-refractivity contribution in [3.8, 4) is 0 Å². The second kappa shape index (κ2) is 4.22. The van der Waals surface area contributed by atoms with Gasteiger partial charge in [-0.15, -0.1) is 0 Å². The van der Waals surface area contributed by atoms with Crippen LogP contribution in [0.5, 0.6) is 0 Å². The molecule has 2 rings (SSSR count). The molecule has 0 N–H and O–H groups in total. The van der Waals surface area contributed by atoms with Crippen molar-refractivity contribution in [3.05, 3.63) is 22.9 Å². The Kier molecular flexibility index (Phi) is 2.96. The Morgan fingerprint density at radius 2 is 1.53 bits per heavy atom. The number of Topliss-reactive ketones (excluding diaryl/α,β-unsaturated/α-hetero) is 3. The van der Waals surface area contributed by atoms with Crippen LogP contribution >= 0.6 is 0 Å². The molecule has 1 aliphatic carbocycles. The number of ether oxygens (including phenoxy) is 3. The van der Waals surface area contributed by atoms with Gasteiger partial charge in [-0.3, -0.25) is 14.4 Å². The summed E-state index contributed by atoms with van der Waals surface area (Å²) in [5, 5.41) is 0. The topological polar surface area (TPSA) is 78.9 Å². The van der Waals surface area contributed by atoms with Gasteiger partial charge < -0.3 is 14.2 Å². The summed E-state index contributed by atoms with van der Waals surface area (Å²) in [7, 11) is 2.49. The van der Waals surface area contributed by atoms with Gasteiger partial charge in [0.05, 0.1) is 20.6 Å². The van der Waals surface area contributed by atoms with Gasteiger partial charge in [-0.1, -0.05) is 0 Å². The normalized spacial score (nSPS) is 22.2. The summed E-state index contributed by atoms with van der Waals surface area (Å²) in [6, 6.07) is 0. The zero-order valence-corrected chi connectivity index (χ0v) is 11.2. The third kappa shape index (κ3) is 1.93. The van der Waals surface area contributed by atoms with E-state index in [1.807, 2.05) is 0 Å². The van der Waals surface area contributed by atoms with Crippen molar-refractivity contribution in [3.63, 3.8) is 0 Å². The Morgan fingerprint density at radius 3 is 2.05 bits per heavy atom. The molecule has 0 aromatic heterocycles. The largest absolute Gasteiger partial charge is 0.489 e. The summed E-state index contributed by atoms with van der Waals surface area (Å²) in [4.78, 5) is 36.4. The van der Waals surface area contributed by atoms with Crippen LogP contribution in [0.15, 0.2) is 22.9 Å². The van der Waals surface area contributed by atoms with Crippen molar-refractivity contribution in [2.75, 3.05) is 14.2 Å². The second-order valence-corrected chi connectivity index (χ2v) is 4.89. The van der Waals surface area contributed by atoms with Crippen molar-refractivity contribution in [1.29, 1.82) is 0 Å². The van der Waals surface area contributed by atoms with E-state index in [0.717, 1.165) is 0 Å². The predicted octanol–water partition coefficient (Wildman–Crippen LogP) is 0.665. The minimum absolute atomic E-state index is 0.0319. The van der Waals surface area contributed by atoms with Crippen molar-refractivity contribution in [2.24, 2.45) is 0 Å². The highest BCUT2D eigenvalue weighted by Crippen LogP contribution is 2.36. The number of carbonyl (C=O) groups excluding carboxylic acids is 3. The lowest BCUT2D eigenvalue weighted by Gasteiger charge is -2.34. The average Bonchev–Trinajstić information content (AvgIpc) is 2.31. The number of carbonyl (C=O) groups is 3. The van der Waals surface area contributed by atoms with Crippen molar-refractivity contribution in [2.45, 2.75) is 25.9 Å². The molecule has 0 saturated carbocycles.